The first-order valence-corrected chi connectivity index (χ1v) is 7.93. The van der Waals surface area contributed by atoms with Gasteiger partial charge in [-0.1, -0.05) is 45.4 Å². The van der Waals surface area contributed by atoms with E-state index in [2.05, 4.69) is 6.92 Å². The molecule has 4 nitrogen and oxygen atoms in total. The Bertz CT molecular complexity index is 356. The summed E-state index contributed by atoms with van der Waals surface area (Å²) in [7, 11) is 0. The van der Waals surface area contributed by atoms with Crippen LogP contribution in [-0.2, 0) is 14.3 Å². The van der Waals surface area contributed by atoms with Gasteiger partial charge in [-0.15, -0.1) is 0 Å². The molecule has 0 aromatic carbocycles. The van der Waals surface area contributed by atoms with Gasteiger partial charge in [0.25, 0.3) is 0 Å². The van der Waals surface area contributed by atoms with Crippen LogP contribution in [0, 0.1) is 0 Å². The van der Waals surface area contributed by atoms with Crippen molar-refractivity contribution in [2.75, 3.05) is 0 Å². The van der Waals surface area contributed by atoms with Crippen LogP contribution in [0.15, 0.2) is 11.6 Å². The molecule has 0 saturated carbocycles. The number of unbranched alkanes of at least 4 members (excludes halogenated alkanes) is 6. The third-order valence-electron chi connectivity index (χ3n) is 3.64. The Kier molecular flexibility index (Phi) is 9.76. The van der Waals surface area contributed by atoms with Crippen molar-refractivity contribution in [2.45, 2.75) is 84.7 Å². The molecule has 0 aliphatic heterocycles. The minimum absolute atomic E-state index is 0.258. The fourth-order valence-corrected chi connectivity index (χ4v) is 2.00. The standard InChI is InChI=1S/C17H30O4/c1-5-6-7-8-9-10-11-12-16(20)21-17(3,4)14(2)13-15(18)19/h13H,5-12H2,1-4H3,(H,18,19)/b14-13+. The predicted molar refractivity (Wildman–Crippen MR) is 84.2 cm³/mol. The number of hydrogen-bond acceptors (Lipinski definition) is 3. The van der Waals surface area contributed by atoms with Crippen molar-refractivity contribution in [1.82, 2.24) is 0 Å². The van der Waals surface area contributed by atoms with E-state index in [4.69, 9.17) is 9.84 Å². The first-order valence-electron chi connectivity index (χ1n) is 7.93. The van der Waals surface area contributed by atoms with E-state index in [1.807, 2.05) is 0 Å². The zero-order valence-electron chi connectivity index (χ0n) is 13.9. The number of carboxylic acid groups (broad SMARTS) is 1. The number of rotatable bonds is 11. The van der Waals surface area contributed by atoms with Crippen LogP contribution in [0.1, 0.15) is 79.1 Å². The highest BCUT2D eigenvalue weighted by Crippen LogP contribution is 2.21. The van der Waals surface area contributed by atoms with Crippen LogP contribution < -0.4 is 0 Å². The molecule has 0 amide bonds. The molecule has 0 aromatic heterocycles. The molecule has 122 valence electrons. The number of carbonyl (C=O) groups is 2. The van der Waals surface area contributed by atoms with Gasteiger partial charge in [-0.25, -0.2) is 4.79 Å². The molecule has 0 atom stereocenters. The molecule has 0 fully saturated rings. The van der Waals surface area contributed by atoms with Gasteiger partial charge in [-0.2, -0.15) is 0 Å². The summed E-state index contributed by atoms with van der Waals surface area (Å²) in [6.45, 7) is 7.28. The SMILES string of the molecule is CCCCCCCCCC(=O)OC(C)(C)/C(C)=C/C(=O)O. The van der Waals surface area contributed by atoms with Crippen LogP contribution >= 0.6 is 0 Å². The summed E-state index contributed by atoms with van der Waals surface area (Å²) in [4.78, 5) is 22.4. The number of hydrogen-bond donors (Lipinski definition) is 1. The van der Waals surface area contributed by atoms with Gasteiger partial charge in [-0.05, 0) is 32.8 Å². The normalized spacial score (nSPS) is 12.3. The molecule has 0 bridgehead atoms. The summed E-state index contributed by atoms with van der Waals surface area (Å²) in [5.74, 6) is -1.28. The van der Waals surface area contributed by atoms with Crippen LogP contribution in [0.25, 0.3) is 0 Å². The molecule has 0 aromatic rings. The molecule has 0 radical (unpaired) electrons. The van der Waals surface area contributed by atoms with Gasteiger partial charge >= 0.3 is 11.9 Å². The number of aliphatic carboxylic acids is 1. The molecule has 0 spiro atoms. The largest absolute Gasteiger partial charge is 0.478 e. The Balaban J connectivity index is 3.95. The first kappa shape index (κ1) is 19.7. The van der Waals surface area contributed by atoms with Crippen LogP contribution in [0.5, 0.6) is 0 Å². The van der Waals surface area contributed by atoms with E-state index in [1.165, 1.54) is 25.7 Å². The molecule has 0 aliphatic rings. The topological polar surface area (TPSA) is 63.6 Å². The van der Waals surface area contributed by atoms with E-state index < -0.39 is 11.6 Å². The zero-order chi connectivity index (χ0) is 16.3. The Morgan fingerprint density at radius 3 is 2.10 bits per heavy atom. The average Bonchev–Trinajstić information content (AvgIpc) is 2.36. The van der Waals surface area contributed by atoms with E-state index in [0.717, 1.165) is 25.3 Å². The van der Waals surface area contributed by atoms with Crippen molar-refractivity contribution in [1.29, 1.82) is 0 Å². The van der Waals surface area contributed by atoms with Crippen molar-refractivity contribution < 1.29 is 19.4 Å². The maximum atomic E-state index is 11.8. The molecular weight excluding hydrogens is 268 g/mol. The van der Waals surface area contributed by atoms with E-state index in [-0.39, 0.29) is 5.97 Å². The first-order chi connectivity index (χ1) is 9.79. The van der Waals surface area contributed by atoms with Gasteiger partial charge in [0, 0.05) is 12.5 Å². The predicted octanol–water partition coefficient (Wildman–Crippen LogP) is 4.48. The van der Waals surface area contributed by atoms with Crippen LogP contribution in [-0.4, -0.2) is 22.6 Å². The molecular formula is C17H30O4. The van der Waals surface area contributed by atoms with Crippen LogP contribution in [0.3, 0.4) is 0 Å². The second-order valence-corrected chi connectivity index (χ2v) is 6.02. The lowest BCUT2D eigenvalue weighted by molar-refractivity contribution is -0.153. The lowest BCUT2D eigenvalue weighted by Gasteiger charge is -2.26. The Morgan fingerprint density at radius 2 is 1.57 bits per heavy atom. The minimum Gasteiger partial charge on any atom is -0.478 e. The summed E-state index contributed by atoms with van der Waals surface area (Å²) < 4.78 is 5.38. The van der Waals surface area contributed by atoms with Gasteiger partial charge in [0.05, 0.1) is 0 Å². The molecule has 1 N–H and O–H groups in total. The van der Waals surface area contributed by atoms with Crippen molar-refractivity contribution in [3.63, 3.8) is 0 Å². The summed E-state index contributed by atoms with van der Waals surface area (Å²) in [6.07, 6.45) is 9.55. The fraction of sp³-hybridized carbons (Fsp3) is 0.765. The van der Waals surface area contributed by atoms with Gasteiger partial charge in [0.1, 0.15) is 5.60 Å². The molecule has 0 saturated heterocycles. The number of carbonyl (C=O) groups excluding carboxylic acids is 1. The second kappa shape index (κ2) is 10.4. The smallest absolute Gasteiger partial charge is 0.328 e. The highest BCUT2D eigenvalue weighted by molar-refractivity contribution is 5.81. The molecule has 21 heavy (non-hydrogen) atoms. The number of carboxylic acids is 1. The molecule has 0 heterocycles. The maximum absolute atomic E-state index is 11.8. The molecule has 0 unspecified atom stereocenters. The third-order valence-corrected chi connectivity index (χ3v) is 3.64. The Labute approximate surface area is 128 Å². The van der Waals surface area contributed by atoms with Gasteiger partial charge in [-0.3, -0.25) is 4.79 Å². The van der Waals surface area contributed by atoms with Crippen molar-refractivity contribution in [3.8, 4) is 0 Å². The summed E-state index contributed by atoms with van der Waals surface area (Å²) >= 11 is 0. The van der Waals surface area contributed by atoms with Crippen molar-refractivity contribution in [2.24, 2.45) is 0 Å². The molecule has 0 rings (SSSR count). The summed E-state index contributed by atoms with van der Waals surface area (Å²) in [6, 6.07) is 0. The molecule has 0 aliphatic carbocycles. The monoisotopic (exact) mass is 298 g/mol. The maximum Gasteiger partial charge on any atom is 0.328 e. The van der Waals surface area contributed by atoms with Gasteiger partial charge in [0.2, 0.25) is 0 Å². The van der Waals surface area contributed by atoms with E-state index >= 15 is 0 Å². The lowest BCUT2D eigenvalue weighted by Crippen LogP contribution is -2.29. The Hall–Kier alpha value is -1.32. The highest BCUT2D eigenvalue weighted by atomic mass is 16.6. The Morgan fingerprint density at radius 1 is 1.05 bits per heavy atom. The quantitative estimate of drug-likeness (QED) is 0.347. The summed E-state index contributed by atoms with van der Waals surface area (Å²) in [5, 5.41) is 8.73. The van der Waals surface area contributed by atoms with Crippen LogP contribution in [0.4, 0.5) is 0 Å². The van der Waals surface area contributed by atoms with Crippen molar-refractivity contribution >= 4 is 11.9 Å². The van der Waals surface area contributed by atoms with Gasteiger partial charge in [0.15, 0.2) is 0 Å². The third kappa shape index (κ3) is 10.1. The lowest BCUT2D eigenvalue weighted by atomic mass is 9.99. The zero-order valence-corrected chi connectivity index (χ0v) is 13.9. The van der Waals surface area contributed by atoms with Gasteiger partial charge < -0.3 is 9.84 Å². The fourth-order valence-electron chi connectivity index (χ4n) is 2.00. The van der Waals surface area contributed by atoms with Crippen LogP contribution in [0.2, 0.25) is 0 Å². The minimum atomic E-state index is -1.02. The second-order valence-electron chi connectivity index (χ2n) is 6.02. The average molecular weight is 298 g/mol. The van der Waals surface area contributed by atoms with E-state index in [0.29, 0.717) is 12.0 Å². The van der Waals surface area contributed by atoms with E-state index in [9.17, 15) is 9.59 Å². The van der Waals surface area contributed by atoms with E-state index in [1.54, 1.807) is 20.8 Å². The summed E-state index contributed by atoms with van der Waals surface area (Å²) in [5.41, 5.74) is -0.334. The highest BCUT2D eigenvalue weighted by Gasteiger charge is 2.25. The number of esters is 1. The molecule has 4 heteroatoms. The van der Waals surface area contributed by atoms with Crippen molar-refractivity contribution in [3.05, 3.63) is 11.6 Å². The number of ether oxygens (including phenoxy) is 1.